The Kier molecular flexibility index (Phi) is 10.5. The molecule has 0 heterocycles. The van der Waals surface area contributed by atoms with Crippen molar-refractivity contribution in [3.05, 3.63) is 54.6 Å². The van der Waals surface area contributed by atoms with Crippen molar-refractivity contribution in [3.8, 4) is 0 Å². The van der Waals surface area contributed by atoms with Gasteiger partial charge in [-0.1, -0.05) is 42.5 Å². The highest BCUT2D eigenvalue weighted by Gasteiger charge is 2.40. The number of unbranched alkanes of at least 4 members (excludes halogenated alkanes) is 1. The van der Waals surface area contributed by atoms with E-state index in [-0.39, 0.29) is 24.3 Å². The van der Waals surface area contributed by atoms with Crippen LogP contribution in [0.3, 0.4) is 0 Å². The summed E-state index contributed by atoms with van der Waals surface area (Å²) in [7, 11) is 0. The predicted molar refractivity (Wildman–Crippen MR) is 114 cm³/mol. The maximum atomic E-state index is 10.5. The molecule has 1 saturated carbocycles. The van der Waals surface area contributed by atoms with Gasteiger partial charge >= 0.3 is 5.97 Å². The lowest BCUT2D eigenvalue weighted by molar-refractivity contribution is -0.137. The van der Waals surface area contributed by atoms with E-state index in [0.29, 0.717) is 31.4 Å². The third kappa shape index (κ3) is 8.32. The molecule has 0 amide bonds. The quantitative estimate of drug-likeness (QED) is 0.152. The lowest BCUT2D eigenvalue weighted by Crippen LogP contribution is -2.30. The Hall–Kier alpha value is -1.64. The number of rotatable bonds is 12. The number of thioether (sulfide) groups is 1. The van der Waals surface area contributed by atoms with Crippen LogP contribution in [0.4, 0.5) is 0 Å². The highest BCUT2D eigenvalue weighted by molar-refractivity contribution is 7.99. The Morgan fingerprint density at radius 2 is 2.03 bits per heavy atom. The summed E-state index contributed by atoms with van der Waals surface area (Å²) < 4.78 is 0. The normalized spacial score (nSPS) is 25.8. The number of aliphatic hydroxyl groups is 2. The molecule has 0 radical (unpaired) electrons. The van der Waals surface area contributed by atoms with Crippen LogP contribution in [0.25, 0.3) is 0 Å². The fourth-order valence-electron chi connectivity index (χ4n) is 3.63. The highest BCUT2D eigenvalue weighted by Crippen LogP contribution is 2.36. The van der Waals surface area contributed by atoms with E-state index in [4.69, 9.17) is 5.11 Å². The summed E-state index contributed by atoms with van der Waals surface area (Å²) in [6, 6.07) is 9.61. The molecule has 7 heteroatoms. The number of carboxylic acid groups (broad SMARTS) is 1. The molecule has 29 heavy (non-hydrogen) atoms. The molecule has 1 aromatic rings. The zero-order chi connectivity index (χ0) is 21.1. The van der Waals surface area contributed by atoms with Gasteiger partial charge in [0.1, 0.15) is 0 Å². The van der Waals surface area contributed by atoms with Gasteiger partial charge in [-0.2, -0.15) is 0 Å². The van der Waals surface area contributed by atoms with Crippen LogP contribution in [-0.4, -0.2) is 50.5 Å². The number of hydrogen-bond acceptors (Lipinski definition) is 6. The molecular weight excluding hydrogens is 390 g/mol. The van der Waals surface area contributed by atoms with E-state index >= 15 is 0 Å². The first-order valence-electron chi connectivity index (χ1n) is 10.00. The van der Waals surface area contributed by atoms with Gasteiger partial charge in [-0.15, -0.1) is 11.8 Å². The van der Waals surface area contributed by atoms with Gasteiger partial charge in [0.2, 0.25) is 0 Å². The van der Waals surface area contributed by atoms with Gasteiger partial charge < -0.3 is 20.5 Å². The topological polar surface area (TPSA) is 110 Å². The predicted octanol–water partition coefficient (Wildman–Crippen LogP) is 3.24. The lowest BCUT2D eigenvalue weighted by atomic mass is 9.89. The van der Waals surface area contributed by atoms with Gasteiger partial charge in [0.05, 0.1) is 12.2 Å². The summed E-state index contributed by atoms with van der Waals surface area (Å²) >= 11 is 1.57. The molecule has 1 aromatic carbocycles. The third-order valence-electron chi connectivity index (χ3n) is 5.17. The molecule has 1 aliphatic rings. The van der Waals surface area contributed by atoms with Gasteiger partial charge in [-0.25, -0.2) is 5.48 Å². The Morgan fingerprint density at radius 3 is 2.72 bits per heavy atom. The van der Waals surface area contributed by atoms with Gasteiger partial charge in [-0.05, 0) is 43.7 Å². The van der Waals surface area contributed by atoms with Crippen molar-refractivity contribution in [2.75, 3.05) is 5.75 Å². The summed E-state index contributed by atoms with van der Waals surface area (Å²) in [6.07, 6.45) is 8.89. The summed E-state index contributed by atoms with van der Waals surface area (Å²) in [4.78, 5) is 11.6. The average molecular weight is 422 g/mol. The maximum Gasteiger partial charge on any atom is 0.303 e. The van der Waals surface area contributed by atoms with Crippen LogP contribution in [0.5, 0.6) is 0 Å². The Bertz CT molecular complexity index is 666. The zero-order valence-corrected chi connectivity index (χ0v) is 17.2. The van der Waals surface area contributed by atoms with Crippen molar-refractivity contribution in [1.29, 1.82) is 0 Å². The second-order valence-electron chi connectivity index (χ2n) is 7.35. The summed E-state index contributed by atoms with van der Waals surface area (Å²) in [5, 5.41) is 38.8. The fraction of sp³-hybridized carbons (Fsp3) is 0.500. The van der Waals surface area contributed by atoms with Crippen LogP contribution in [0.1, 0.15) is 32.1 Å². The first-order chi connectivity index (χ1) is 14.0. The molecular formula is C22H31NO5S. The minimum absolute atomic E-state index is 0.0689. The van der Waals surface area contributed by atoms with Gasteiger partial charge in [0.15, 0.2) is 0 Å². The van der Waals surface area contributed by atoms with E-state index in [9.17, 15) is 20.2 Å². The number of aliphatic hydroxyl groups excluding tert-OH is 2. The fourth-order valence-corrected chi connectivity index (χ4v) is 4.45. The molecule has 0 aromatic heterocycles. The second-order valence-corrected chi connectivity index (χ2v) is 8.44. The van der Waals surface area contributed by atoms with Crippen LogP contribution < -0.4 is 5.48 Å². The smallest absolute Gasteiger partial charge is 0.303 e. The summed E-state index contributed by atoms with van der Waals surface area (Å²) in [6.45, 7) is 0. The molecule has 1 fully saturated rings. The van der Waals surface area contributed by atoms with Crippen molar-refractivity contribution in [2.24, 2.45) is 11.8 Å². The molecule has 160 valence electrons. The van der Waals surface area contributed by atoms with Gasteiger partial charge in [-0.3, -0.25) is 4.79 Å². The van der Waals surface area contributed by atoms with Crippen LogP contribution >= 0.6 is 11.8 Å². The third-order valence-corrected chi connectivity index (χ3v) is 6.28. The molecule has 0 spiro atoms. The van der Waals surface area contributed by atoms with Crippen LogP contribution in [0.2, 0.25) is 0 Å². The summed E-state index contributed by atoms with van der Waals surface area (Å²) in [5.41, 5.74) is 2.29. The van der Waals surface area contributed by atoms with E-state index in [1.165, 1.54) is 0 Å². The Labute approximate surface area is 176 Å². The van der Waals surface area contributed by atoms with Crippen molar-refractivity contribution in [1.82, 2.24) is 5.48 Å². The monoisotopic (exact) mass is 421 g/mol. The molecule has 0 bridgehead atoms. The number of carbonyl (C=O) groups is 1. The SMILES string of the molecule is O=C(O)CCC/C=C\C[C@H]1[C@@H](O)CC(NO)[C@@H]1/C=C/C(O)CSc1ccccc1. The number of hydrogen-bond donors (Lipinski definition) is 5. The standard InChI is InChI=1S/C22H31NO5S/c24-16(15-29-17-8-4-3-5-9-17)12-13-18-19(21(25)14-20(18)23-28)10-6-1-2-7-11-22(26)27/h1,3-6,8-9,12-13,16,18-21,23-25,28H,2,7,10-11,14-15H2,(H,26,27)/b6-1-,13-12+/t16?,18-,19-,20?,21+/m1/s1. The number of hydroxylamine groups is 1. The van der Waals surface area contributed by atoms with Gasteiger partial charge in [0.25, 0.3) is 0 Å². The highest BCUT2D eigenvalue weighted by atomic mass is 32.2. The molecule has 2 unspecified atom stereocenters. The van der Waals surface area contributed by atoms with Crippen molar-refractivity contribution < 1.29 is 25.3 Å². The number of benzene rings is 1. The number of nitrogens with one attached hydrogen (secondary N) is 1. The number of aliphatic carboxylic acids is 1. The van der Waals surface area contributed by atoms with E-state index < -0.39 is 18.2 Å². The molecule has 1 aliphatic carbocycles. The number of carboxylic acids is 1. The van der Waals surface area contributed by atoms with Crippen LogP contribution in [-0.2, 0) is 4.79 Å². The number of allylic oxidation sites excluding steroid dienone is 2. The van der Waals surface area contributed by atoms with E-state index in [1.807, 2.05) is 48.6 Å². The molecule has 5 N–H and O–H groups in total. The maximum absolute atomic E-state index is 10.5. The zero-order valence-electron chi connectivity index (χ0n) is 16.4. The molecule has 5 atom stereocenters. The molecule has 0 aliphatic heterocycles. The van der Waals surface area contributed by atoms with E-state index in [0.717, 1.165) is 4.90 Å². The van der Waals surface area contributed by atoms with Gasteiger partial charge in [0, 0.05) is 29.0 Å². The summed E-state index contributed by atoms with van der Waals surface area (Å²) in [5.74, 6) is -0.437. The molecule has 6 nitrogen and oxygen atoms in total. The lowest BCUT2D eigenvalue weighted by Gasteiger charge is -2.21. The van der Waals surface area contributed by atoms with Crippen LogP contribution in [0, 0.1) is 11.8 Å². The van der Waals surface area contributed by atoms with E-state index in [1.54, 1.807) is 17.8 Å². The van der Waals surface area contributed by atoms with E-state index in [2.05, 4.69) is 5.48 Å². The Morgan fingerprint density at radius 1 is 1.28 bits per heavy atom. The first-order valence-corrected chi connectivity index (χ1v) is 11.0. The van der Waals surface area contributed by atoms with Crippen LogP contribution in [0.15, 0.2) is 59.5 Å². The molecule has 0 saturated heterocycles. The van der Waals surface area contributed by atoms with Crippen molar-refractivity contribution >= 4 is 17.7 Å². The van der Waals surface area contributed by atoms with Crippen molar-refractivity contribution in [2.45, 2.75) is 55.2 Å². The molecule has 2 rings (SSSR count). The second kappa shape index (κ2) is 12.8. The average Bonchev–Trinajstić information content (AvgIpc) is 3.02. The minimum atomic E-state index is -0.796. The minimum Gasteiger partial charge on any atom is -0.481 e. The Balaban J connectivity index is 1.87. The largest absolute Gasteiger partial charge is 0.481 e. The van der Waals surface area contributed by atoms with Crippen molar-refractivity contribution in [3.63, 3.8) is 0 Å². The first kappa shape index (κ1) is 23.6.